The van der Waals surface area contributed by atoms with Crippen molar-refractivity contribution in [2.75, 3.05) is 0 Å². The summed E-state index contributed by atoms with van der Waals surface area (Å²) in [5.74, 6) is 10.6. The highest BCUT2D eigenvalue weighted by atomic mass is 14.8. The van der Waals surface area contributed by atoms with Gasteiger partial charge in [0, 0.05) is 0 Å². The lowest BCUT2D eigenvalue weighted by molar-refractivity contribution is 0.0218. The van der Waals surface area contributed by atoms with E-state index in [0.717, 1.165) is 59.2 Å². The summed E-state index contributed by atoms with van der Waals surface area (Å²) >= 11 is 0. The molecule has 0 N–H and O–H groups in total. The first kappa shape index (κ1) is 13.2. The third kappa shape index (κ3) is 1.27. The minimum atomic E-state index is 0.473. The molecule has 1 aromatic carbocycles. The van der Waals surface area contributed by atoms with Crippen LogP contribution in [0.4, 0.5) is 0 Å². The molecule has 5 fully saturated rings. The zero-order valence-electron chi connectivity index (χ0n) is 14.6. The Kier molecular flexibility index (Phi) is 2.21. The van der Waals surface area contributed by atoms with Crippen molar-refractivity contribution in [1.82, 2.24) is 0 Å². The number of benzene rings is 1. The molecule has 24 heavy (non-hydrogen) atoms. The minimum Gasteiger partial charge on any atom is -0.0848 e. The van der Waals surface area contributed by atoms with Gasteiger partial charge in [-0.15, -0.1) is 0 Å². The van der Waals surface area contributed by atoms with Crippen molar-refractivity contribution in [2.24, 2.45) is 59.2 Å². The molecule has 0 aromatic heterocycles. The summed E-state index contributed by atoms with van der Waals surface area (Å²) in [5, 5.41) is 0. The van der Waals surface area contributed by atoms with Gasteiger partial charge >= 0.3 is 0 Å². The Hall–Kier alpha value is -1.04. The van der Waals surface area contributed by atoms with Gasteiger partial charge in [0.15, 0.2) is 0 Å². The third-order valence-corrected chi connectivity index (χ3v) is 10.1. The summed E-state index contributed by atoms with van der Waals surface area (Å²) in [6.45, 7) is 2.62. The van der Waals surface area contributed by atoms with E-state index in [1.807, 2.05) is 0 Å². The van der Waals surface area contributed by atoms with E-state index in [-0.39, 0.29) is 0 Å². The maximum atomic E-state index is 2.62. The quantitative estimate of drug-likeness (QED) is 0.487. The van der Waals surface area contributed by atoms with E-state index >= 15 is 0 Å². The molecule has 0 amide bonds. The molecule has 11 unspecified atom stereocenters. The van der Waals surface area contributed by atoms with Crippen molar-refractivity contribution in [3.05, 3.63) is 48.0 Å². The van der Waals surface area contributed by atoms with Gasteiger partial charge in [-0.05, 0) is 95.8 Å². The molecule has 0 aliphatic heterocycles. The highest BCUT2D eigenvalue weighted by Gasteiger charge is 2.72. The van der Waals surface area contributed by atoms with E-state index in [0.29, 0.717) is 5.41 Å². The van der Waals surface area contributed by atoms with Crippen LogP contribution in [0.2, 0.25) is 0 Å². The van der Waals surface area contributed by atoms with Gasteiger partial charge in [-0.2, -0.15) is 0 Å². The summed E-state index contributed by atoms with van der Waals surface area (Å²) in [4.78, 5) is 0. The molecule has 6 aliphatic rings. The van der Waals surface area contributed by atoms with Crippen LogP contribution in [0.15, 0.2) is 42.5 Å². The first-order chi connectivity index (χ1) is 11.8. The van der Waals surface area contributed by atoms with Gasteiger partial charge in [0.1, 0.15) is 0 Å². The largest absolute Gasteiger partial charge is 0.0848 e. The molecule has 7 rings (SSSR count). The molecule has 1 aromatic rings. The Morgan fingerprint density at radius 1 is 0.792 bits per heavy atom. The molecule has 6 bridgehead atoms. The number of hydrogen-bond acceptors (Lipinski definition) is 0. The van der Waals surface area contributed by atoms with Crippen molar-refractivity contribution >= 4 is 0 Å². The highest BCUT2D eigenvalue weighted by Crippen LogP contribution is 2.78. The lowest BCUT2D eigenvalue weighted by Gasteiger charge is -2.49. The molecule has 124 valence electrons. The highest BCUT2D eigenvalue weighted by molar-refractivity contribution is 5.33. The second-order valence-corrected chi connectivity index (χ2v) is 10.4. The Morgan fingerprint density at radius 2 is 1.50 bits per heavy atom. The van der Waals surface area contributed by atoms with Crippen LogP contribution < -0.4 is 0 Å². The lowest BCUT2D eigenvalue weighted by atomic mass is 9.55. The standard InChI is InChI=1S/C24H28/c1-24(16-5-3-2-4-6-16)12-15-10-19(24)23-18-11-17(22(15)23)20-13-7-8-14(9-13)21(18)20/h2-8,13-15,17-23H,9-12H2,1H3. The molecule has 0 radical (unpaired) electrons. The fourth-order valence-corrected chi connectivity index (χ4v) is 9.75. The Balaban J connectivity index is 1.30. The van der Waals surface area contributed by atoms with Crippen molar-refractivity contribution in [2.45, 2.75) is 38.0 Å². The van der Waals surface area contributed by atoms with E-state index < -0.39 is 0 Å². The molecule has 0 heteroatoms. The fraction of sp³-hybridized carbons (Fsp3) is 0.667. The summed E-state index contributed by atoms with van der Waals surface area (Å²) in [6.07, 6.45) is 11.4. The van der Waals surface area contributed by atoms with Crippen LogP contribution in [0.1, 0.15) is 38.2 Å². The molecular formula is C24H28. The van der Waals surface area contributed by atoms with Gasteiger partial charge in [0.05, 0.1) is 0 Å². The van der Waals surface area contributed by atoms with E-state index in [9.17, 15) is 0 Å². The van der Waals surface area contributed by atoms with Crippen LogP contribution in [-0.4, -0.2) is 0 Å². The zero-order valence-corrected chi connectivity index (χ0v) is 14.6. The van der Waals surface area contributed by atoms with Crippen molar-refractivity contribution in [3.63, 3.8) is 0 Å². The minimum absolute atomic E-state index is 0.473. The summed E-state index contributed by atoms with van der Waals surface area (Å²) < 4.78 is 0. The number of hydrogen-bond donors (Lipinski definition) is 0. The molecule has 0 nitrogen and oxygen atoms in total. The van der Waals surface area contributed by atoms with Gasteiger partial charge in [-0.1, -0.05) is 49.4 Å². The number of rotatable bonds is 1. The van der Waals surface area contributed by atoms with Gasteiger partial charge in [-0.3, -0.25) is 0 Å². The second kappa shape index (κ2) is 4.02. The van der Waals surface area contributed by atoms with Crippen LogP contribution in [0, 0.1) is 59.2 Å². The Morgan fingerprint density at radius 3 is 2.25 bits per heavy atom. The van der Waals surface area contributed by atoms with Crippen LogP contribution in [0.3, 0.4) is 0 Å². The summed E-state index contributed by atoms with van der Waals surface area (Å²) in [6, 6.07) is 11.6. The summed E-state index contributed by atoms with van der Waals surface area (Å²) in [7, 11) is 0. The predicted octanol–water partition coefficient (Wildman–Crippen LogP) is 5.30. The first-order valence-electron chi connectivity index (χ1n) is 10.5. The molecule has 6 aliphatic carbocycles. The van der Waals surface area contributed by atoms with Crippen molar-refractivity contribution in [1.29, 1.82) is 0 Å². The average molecular weight is 316 g/mol. The first-order valence-corrected chi connectivity index (χ1v) is 10.5. The van der Waals surface area contributed by atoms with Crippen LogP contribution in [0.25, 0.3) is 0 Å². The van der Waals surface area contributed by atoms with Gasteiger partial charge in [0.2, 0.25) is 0 Å². The normalized spacial score (nSPS) is 60.9. The molecular weight excluding hydrogens is 288 g/mol. The van der Waals surface area contributed by atoms with E-state index in [1.165, 1.54) is 12.8 Å². The van der Waals surface area contributed by atoms with Gasteiger partial charge in [0.25, 0.3) is 0 Å². The Labute approximate surface area is 145 Å². The fourth-order valence-electron chi connectivity index (χ4n) is 9.75. The maximum Gasteiger partial charge on any atom is -0.00413 e. The molecule has 0 spiro atoms. The smallest absolute Gasteiger partial charge is 0.00413 e. The van der Waals surface area contributed by atoms with Crippen LogP contribution in [-0.2, 0) is 5.41 Å². The average Bonchev–Trinajstić information content (AvgIpc) is 3.39. The maximum absolute atomic E-state index is 2.62. The molecule has 0 heterocycles. The van der Waals surface area contributed by atoms with Crippen molar-refractivity contribution in [3.8, 4) is 0 Å². The lowest BCUT2D eigenvalue weighted by Crippen LogP contribution is -2.46. The Bertz CT molecular complexity index is 732. The van der Waals surface area contributed by atoms with Crippen LogP contribution >= 0.6 is 0 Å². The summed E-state index contributed by atoms with van der Waals surface area (Å²) in [5.41, 5.74) is 2.11. The van der Waals surface area contributed by atoms with Gasteiger partial charge < -0.3 is 0 Å². The molecule has 11 atom stereocenters. The van der Waals surface area contributed by atoms with E-state index in [4.69, 9.17) is 0 Å². The predicted molar refractivity (Wildman–Crippen MR) is 96.3 cm³/mol. The van der Waals surface area contributed by atoms with Crippen molar-refractivity contribution < 1.29 is 0 Å². The van der Waals surface area contributed by atoms with Crippen LogP contribution in [0.5, 0.6) is 0 Å². The monoisotopic (exact) mass is 316 g/mol. The molecule has 0 saturated heterocycles. The SMILES string of the molecule is CC1(c2ccccc2)CC2CC1C1C3CC(C4C5C=CC(C5)C34)C21. The third-order valence-electron chi connectivity index (χ3n) is 10.1. The van der Waals surface area contributed by atoms with E-state index in [2.05, 4.69) is 49.4 Å². The number of allylic oxidation sites excluding steroid dienone is 2. The van der Waals surface area contributed by atoms with E-state index in [1.54, 1.807) is 18.4 Å². The van der Waals surface area contributed by atoms with Gasteiger partial charge in [-0.25, -0.2) is 0 Å². The second-order valence-electron chi connectivity index (χ2n) is 10.4. The zero-order chi connectivity index (χ0) is 15.6. The topological polar surface area (TPSA) is 0 Å². The molecule has 5 saturated carbocycles. The number of fused-ring (bicyclic) bond motifs is 16.